The second-order valence-corrected chi connectivity index (χ2v) is 17.1. The van der Waals surface area contributed by atoms with Gasteiger partial charge in [-0.1, -0.05) is 116 Å². The lowest BCUT2D eigenvalue weighted by Crippen LogP contribution is -2.30. The third-order valence-electron chi connectivity index (χ3n) is 8.75. The van der Waals surface area contributed by atoms with Gasteiger partial charge in [-0.05, 0) is 44.4 Å². The molecule has 53 heavy (non-hydrogen) atoms. The molecule has 4 N–H and O–H groups in total. The van der Waals surface area contributed by atoms with Gasteiger partial charge in [0.2, 0.25) is 0 Å². The molecule has 3 unspecified atom stereocenters. The van der Waals surface area contributed by atoms with Crippen LogP contribution in [0.15, 0.2) is 12.2 Å². The number of phosphoric ester groups is 2. The highest BCUT2D eigenvalue weighted by Gasteiger charge is 2.36. The number of hydrogen-bond acceptors (Lipinski definition) is 11. The molecule has 0 aliphatic carbocycles. The van der Waals surface area contributed by atoms with Crippen LogP contribution in [0.5, 0.6) is 0 Å². The van der Waals surface area contributed by atoms with E-state index in [1.54, 1.807) is 0 Å². The Morgan fingerprint density at radius 3 is 1.92 bits per heavy atom. The number of unbranched alkanes of at least 4 members (excludes halogenated alkanes) is 13. The lowest BCUT2D eigenvalue weighted by molar-refractivity contribution is -0.161. The molecule has 14 nitrogen and oxygen atoms in total. The summed E-state index contributed by atoms with van der Waals surface area (Å²) in [6, 6.07) is 0. The van der Waals surface area contributed by atoms with Gasteiger partial charge in [0.05, 0.1) is 32.0 Å². The Morgan fingerprint density at radius 1 is 0.698 bits per heavy atom. The van der Waals surface area contributed by atoms with Gasteiger partial charge < -0.3 is 34.0 Å². The van der Waals surface area contributed by atoms with Gasteiger partial charge in [0.15, 0.2) is 6.10 Å². The first-order chi connectivity index (χ1) is 25.2. The Balaban J connectivity index is 2.37. The number of ether oxygens (including phenoxy) is 3. The minimum Gasteiger partial charge on any atom is -0.462 e. The van der Waals surface area contributed by atoms with Crippen LogP contribution in [0.2, 0.25) is 0 Å². The lowest BCUT2D eigenvalue weighted by Gasteiger charge is -2.20. The minimum absolute atomic E-state index is 0.126. The van der Waals surface area contributed by atoms with Crippen molar-refractivity contribution in [2.75, 3.05) is 26.4 Å². The lowest BCUT2D eigenvalue weighted by atomic mass is 10.0. The summed E-state index contributed by atoms with van der Waals surface area (Å²) >= 11 is 0. The Morgan fingerprint density at radius 2 is 1.28 bits per heavy atom. The third kappa shape index (κ3) is 31.7. The van der Waals surface area contributed by atoms with E-state index in [4.69, 9.17) is 28.5 Å². The molecule has 0 aromatic carbocycles. The van der Waals surface area contributed by atoms with E-state index in [2.05, 4.69) is 42.0 Å². The quantitative estimate of drug-likeness (QED) is 0.0155. The molecule has 0 amide bonds. The third-order valence-corrected chi connectivity index (χ3v) is 10.2. The van der Waals surface area contributed by atoms with Crippen LogP contribution in [-0.2, 0) is 46.5 Å². The molecule has 312 valence electrons. The summed E-state index contributed by atoms with van der Waals surface area (Å²) in [5.74, 6) is -0.340. The zero-order chi connectivity index (χ0) is 39.4. The zero-order valence-corrected chi connectivity index (χ0v) is 34.3. The Kier molecular flexibility index (Phi) is 28.2. The fourth-order valence-corrected chi connectivity index (χ4v) is 6.75. The van der Waals surface area contributed by atoms with Gasteiger partial charge >= 0.3 is 27.6 Å². The standard InChI is InChI=1S/C37H70O14P2/c1-4-5-17-23-34-35(51-34)24-19-14-10-6-7-11-15-20-25-36(39)46-29-33(30-49-53(44,45)48-28-32(38)27-47-52(41,42)43)50-37(40)26-21-16-12-8-9-13-18-22-31(2)3/h14,19,31-35,38H,4-13,15-18,20-30H2,1-3H3,(H,44,45)(H2,41,42,43)/b19-14-/t32-,33+,34?,35?/m0/s1. The van der Waals surface area contributed by atoms with Crippen molar-refractivity contribution in [2.24, 2.45) is 5.92 Å². The largest absolute Gasteiger partial charge is 0.472 e. The molecule has 0 aromatic rings. The molecule has 0 spiro atoms. The van der Waals surface area contributed by atoms with Crippen LogP contribution in [0.4, 0.5) is 0 Å². The van der Waals surface area contributed by atoms with E-state index in [9.17, 15) is 28.7 Å². The van der Waals surface area contributed by atoms with E-state index in [1.807, 2.05) is 0 Å². The van der Waals surface area contributed by atoms with Gasteiger partial charge in [-0.25, -0.2) is 9.13 Å². The van der Waals surface area contributed by atoms with E-state index >= 15 is 0 Å². The van der Waals surface area contributed by atoms with E-state index in [-0.39, 0.29) is 12.8 Å². The molecule has 16 heteroatoms. The summed E-state index contributed by atoms with van der Waals surface area (Å²) in [6.45, 7) is 3.93. The molecular weight excluding hydrogens is 730 g/mol. The normalized spacial score (nSPS) is 18.3. The van der Waals surface area contributed by atoms with Gasteiger partial charge in [0.1, 0.15) is 12.7 Å². The number of aliphatic hydroxyl groups excluding tert-OH is 1. The van der Waals surface area contributed by atoms with Crippen molar-refractivity contribution in [3.05, 3.63) is 12.2 Å². The summed E-state index contributed by atoms with van der Waals surface area (Å²) in [6.07, 6.45) is 22.7. The van der Waals surface area contributed by atoms with Gasteiger partial charge in [-0.3, -0.25) is 23.2 Å². The van der Waals surface area contributed by atoms with E-state index in [1.165, 1.54) is 44.9 Å². The van der Waals surface area contributed by atoms with Gasteiger partial charge in [-0.15, -0.1) is 0 Å². The van der Waals surface area contributed by atoms with E-state index < -0.39 is 66.2 Å². The van der Waals surface area contributed by atoms with Crippen LogP contribution < -0.4 is 0 Å². The fraction of sp³-hybridized carbons (Fsp3) is 0.892. The van der Waals surface area contributed by atoms with Gasteiger partial charge in [0, 0.05) is 12.8 Å². The Bertz CT molecular complexity index is 1080. The van der Waals surface area contributed by atoms with Crippen molar-refractivity contribution < 1.29 is 66.3 Å². The van der Waals surface area contributed by atoms with Crippen molar-refractivity contribution in [3.63, 3.8) is 0 Å². The molecule has 1 heterocycles. The average Bonchev–Trinajstić information content (AvgIpc) is 3.85. The Labute approximate surface area is 317 Å². The molecule has 1 aliphatic heterocycles. The summed E-state index contributed by atoms with van der Waals surface area (Å²) in [4.78, 5) is 52.5. The highest BCUT2D eigenvalue weighted by molar-refractivity contribution is 7.47. The smallest absolute Gasteiger partial charge is 0.462 e. The maximum absolute atomic E-state index is 12.6. The van der Waals surface area contributed by atoms with Crippen LogP contribution in [0.25, 0.3) is 0 Å². The number of epoxide rings is 1. The van der Waals surface area contributed by atoms with Crippen LogP contribution >= 0.6 is 15.6 Å². The SMILES string of the molecule is CCCCCC1OC1C/C=C\CCCCCCCC(=O)OC[C@H](COP(=O)(O)OC[C@@H](O)COP(=O)(O)O)OC(=O)CCCCCCCCCC(C)C. The van der Waals surface area contributed by atoms with Gasteiger partial charge in [-0.2, -0.15) is 0 Å². The number of phosphoric acid groups is 2. The first-order valence-electron chi connectivity index (χ1n) is 19.9. The predicted octanol–water partition coefficient (Wildman–Crippen LogP) is 8.24. The average molecular weight is 801 g/mol. The van der Waals surface area contributed by atoms with Crippen LogP contribution in [0, 0.1) is 5.92 Å². The molecule has 5 atom stereocenters. The molecule has 1 aliphatic rings. The van der Waals surface area contributed by atoms with Crippen molar-refractivity contribution in [3.8, 4) is 0 Å². The topological polar surface area (TPSA) is 208 Å². The molecular formula is C37H70O14P2. The second-order valence-electron chi connectivity index (χ2n) is 14.4. The number of carbonyl (C=O) groups is 2. The maximum Gasteiger partial charge on any atom is 0.472 e. The van der Waals surface area contributed by atoms with Crippen molar-refractivity contribution in [1.29, 1.82) is 0 Å². The van der Waals surface area contributed by atoms with E-state index in [0.717, 1.165) is 64.2 Å². The molecule has 0 radical (unpaired) electrons. The number of carbonyl (C=O) groups excluding carboxylic acids is 2. The number of rotatable bonds is 36. The van der Waals surface area contributed by atoms with Crippen LogP contribution in [0.1, 0.15) is 156 Å². The summed E-state index contributed by atoms with van der Waals surface area (Å²) in [5.41, 5.74) is 0. The van der Waals surface area contributed by atoms with Crippen molar-refractivity contribution in [1.82, 2.24) is 0 Å². The number of hydrogen-bond donors (Lipinski definition) is 4. The predicted molar refractivity (Wildman–Crippen MR) is 202 cm³/mol. The fourth-order valence-electron chi connectivity index (χ4n) is 5.60. The highest BCUT2D eigenvalue weighted by Crippen LogP contribution is 2.44. The van der Waals surface area contributed by atoms with Crippen molar-refractivity contribution >= 4 is 27.6 Å². The first kappa shape index (κ1) is 49.8. The minimum atomic E-state index is -4.86. The first-order valence-corrected chi connectivity index (χ1v) is 22.9. The monoisotopic (exact) mass is 800 g/mol. The molecule has 0 aromatic heterocycles. The molecule has 1 rings (SSSR count). The molecule has 0 bridgehead atoms. The second kappa shape index (κ2) is 30.0. The molecule has 1 fully saturated rings. The molecule has 1 saturated heterocycles. The summed E-state index contributed by atoms with van der Waals surface area (Å²) in [5, 5.41) is 9.71. The summed E-state index contributed by atoms with van der Waals surface area (Å²) < 4.78 is 53.3. The highest BCUT2D eigenvalue weighted by atomic mass is 31.2. The van der Waals surface area contributed by atoms with Crippen LogP contribution in [-0.4, -0.2) is 82.6 Å². The van der Waals surface area contributed by atoms with Crippen molar-refractivity contribution in [2.45, 2.75) is 180 Å². The van der Waals surface area contributed by atoms with Gasteiger partial charge in [0.25, 0.3) is 0 Å². The van der Waals surface area contributed by atoms with Crippen LogP contribution in [0.3, 0.4) is 0 Å². The maximum atomic E-state index is 12.6. The number of esters is 2. The summed E-state index contributed by atoms with van der Waals surface area (Å²) in [7, 11) is -9.66. The molecule has 0 saturated carbocycles. The number of aliphatic hydroxyl groups is 1. The van der Waals surface area contributed by atoms with E-state index in [0.29, 0.717) is 31.0 Å². The zero-order valence-electron chi connectivity index (χ0n) is 32.5. The number of allylic oxidation sites excluding steroid dienone is 1. The Hall–Kier alpha value is -1.18.